The van der Waals surface area contributed by atoms with Crippen molar-refractivity contribution in [1.29, 1.82) is 0 Å². The van der Waals surface area contributed by atoms with E-state index < -0.39 is 121 Å². The van der Waals surface area contributed by atoms with Gasteiger partial charge in [-0.3, -0.25) is 23.2 Å². The third-order valence-corrected chi connectivity index (χ3v) is 15.3. The molecule has 1 fully saturated rings. The van der Waals surface area contributed by atoms with Gasteiger partial charge < -0.3 is 60.0 Å². The number of phosphoric ester groups is 2. The normalized spacial score (nSPS) is 29.6. The van der Waals surface area contributed by atoms with Crippen molar-refractivity contribution in [3.05, 3.63) is 71.4 Å². The Morgan fingerprint density at radius 2 is 1.50 bits per heavy atom. The van der Waals surface area contributed by atoms with E-state index in [1.165, 1.54) is 37.5 Å². The summed E-state index contributed by atoms with van der Waals surface area (Å²) in [6, 6.07) is 1.23. The lowest BCUT2D eigenvalue weighted by atomic mass is 9.92. The second-order valence-corrected chi connectivity index (χ2v) is 22.3. The number of nitrogen functional groups attached to an aromatic ring is 1. The largest absolute Gasteiger partial charge is 0.481 e. The highest BCUT2D eigenvalue weighted by Gasteiger charge is 2.44. The number of aromatic nitrogens is 2. The number of esters is 2. The lowest BCUT2D eigenvalue weighted by Gasteiger charge is -2.36. The number of cyclic esters (lactones) is 1. The molecule has 2 bridgehead atoms. The first kappa shape index (κ1) is 66.8. The summed E-state index contributed by atoms with van der Waals surface area (Å²) in [5, 5.41) is 56.8. The average molecular weight is 1120 g/mol. The van der Waals surface area contributed by atoms with E-state index in [4.69, 9.17) is 33.7 Å². The number of nitrogens with two attached hydrogens (primary N) is 1. The fourth-order valence-corrected chi connectivity index (χ4v) is 10.5. The lowest BCUT2D eigenvalue weighted by Crippen LogP contribution is -2.49. The van der Waals surface area contributed by atoms with Crippen molar-refractivity contribution in [2.45, 2.75) is 217 Å². The van der Waals surface area contributed by atoms with Crippen LogP contribution in [0.15, 0.2) is 65.7 Å². The third kappa shape index (κ3) is 27.9. The summed E-state index contributed by atoms with van der Waals surface area (Å²) in [7, 11) is -11.3. The summed E-state index contributed by atoms with van der Waals surface area (Å²) in [5.41, 5.74) is 4.75. The molecule has 76 heavy (non-hydrogen) atoms. The smallest absolute Gasteiger partial charge is 0.462 e. The topological polar surface area (TPSA) is 335 Å². The van der Waals surface area contributed by atoms with Crippen LogP contribution in [0.3, 0.4) is 0 Å². The Labute approximate surface area is 447 Å². The van der Waals surface area contributed by atoms with Crippen molar-refractivity contribution >= 4 is 33.4 Å². The zero-order valence-corrected chi connectivity index (χ0v) is 46.1. The first-order valence-electron chi connectivity index (χ1n) is 27.0. The molecular weight excluding hydrogens is 1030 g/mol. The van der Waals surface area contributed by atoms with Crippen LogP contribution in [-0.2, 0) is 51.0 Å². The zero-order chi connectivity index (χ0) is 55.8. The van der Waals surface area contributed by atoms with Crippen molar-refractivity contribution in [2.24, 2.45) is 5.92 Å². The first-order valence-corrected chi connectivity index (χ1v) is 30.0. The van der Waals surface area contributed by atoms with Crippen LogP contribution in [0.1, 0.15) is 168 Å². The number of rotatable bonds is 25. The molecule has 3 rings (SSSR count). The highest BCUT2D eigenvalue weighted by Crippen LogP contribution is 2.60. The van der Waals surface area contributed by atoms with E-state index in [2.05, 4.69) is 40.5 Å². The minimum absolute atomic E-state index is 0.0637. The monoisotopic (exact) mass is 1120 g/mol. The van der Waals surface area contributed by atoms with Crippen LogP contribution >= 0.6 is 15.6 Å². The molecule has 0 saturated carbocycles. The van der Waals surface area contributed by atoms with Gasteiger partial charge in [0.05, 0.1) is 25.4 Å². The molecule has 0 aromatic carbocycles. The third-order valence-electron chi connectivity index (χ3n) is 12.7. The molecule has 0 amide bonds. The SMILES string of the molecule is CCCCC/C=C\C/C=C\CCCCCCCCCC(=O)OC[C@@H]1COP(=O)(O)OP(=O)(O)OC[C@H]2O[C@@H](n3ccc(N)nc3=O)[C@@H](CC=CCCCC(=O)O1)[C@@H](O)CC(O)O[C@H](/C=C/[C@@H](O)CCCCC)[C@H](O)[C@@H]2O. The molecule has 0 radical (unpaired) electrons. The van der Waals surface area contributed by atoms with Crippen LogP contribution in [-0.4, -0.2) is 126 Å². The van der Waals surface area contributed by atoms with Crippen LogP contribution in [0.2, 0.25) is 0 Å². The van der Waals surface area contributed by atoms with Crippen LogP contribution in [0.25, 0.3) is 0 Å². The van der Waals surface area contributed by atoms with Gasteiger partial charge >= 0.3 is 33.3 Å². The minimum atomic E-state index is -5.73. The molecular formula is C52H87N3O19P2. The summed E-state index contributed by atoms with van der Waals surface area (Å²) in [4.78, 5) is 64.3. The fourth-order valence-electron chi connectivity index (χ4n) is 8.37. The molecule has 24 heteroatoms. The number of carbonyl (C=O) groups excluding carboxylic acids is 2. The maximum Gasteiger partial charge on any atom is 0.481 e. The quantitative estimate of drug-likeness (QED) is 0.0204. The fraction of sp³-hybridized carbons (Fsp3) is 0.731. The van der Waals surface area contributed by atoms with Gasteiger partial charge in [-0.15, -0.1) is 0 Å². The number of phosphoric acid groups is 2. The maximum atomic E-state index is 13.4. The Hall–Kier alpha value is -3.44. The Morgan fingerprint density at radius 3 is 2.18 bits per heavy atom. The van der Waals surface area contributed by atoms with E-state index in [0.29, 0.717) is 19.3 Å². The molecule has 1 aromatic rings. The average Bonchev–Trinajstić information content (AvgIpc) is 3.37. The summed E-state index contributed by atoms with van der Waals surface area (Å²) in [5.74, 6) is -2.86. The van der Waals surface area contributed by atoms with Crippen molar-refractivity contribution in [3.63, 3.8) is 0 Å². The molecule has 2 aliphatic rings. The molecule has 0 aliphatic carbocycles. The Bertz CT molecular complexity index is 2090. The van der Waals surface area contributed by atoms with Gasteiger partial charge in [0, 0.05) is 31.4 Å². The Balaban J connectivity index is 1.75. The van der Waals surface area contributed by atoms with Crippen LogP contribution < -0.4 is 11.4 Å². The van der Waals surface area contributed by atoms with Crippen molar-refractivity contribution in [1.82, 2.24) is 9.55 Å². The highest BCUT2D eigenvalue weighted by molar-refractivity contribution is 7.61. The van der Waals surface area contributed by atoms with Gasteiger partial charge in [-0.2, -0.15) is 9.29 Å². The number of unbranched alkanes of at least 4 members (excludes halogenated alkanes) is 12. The first-order chi connectivity index (χ1) is 36.3. The summed E-state index contributed by atoms with van der Waals surface area (Å²) >= 11 is 0. The van der Waals surface area contributed by atoms with E-state index in [1.54, 1.807) is 12.2 Å². The van der Waals surface area contributed by atoms with Crippen molar-refractivity contribution < 1.29 is 86.3 Å². The highest BCUT2D eigenvalue weighted by atomic mass is 31.3. The second kappa shape index (κ2) is 37.4. The number of aliphatic hydroxyl groups excluding tert-OH is 5. The molecule has 434 valence electrons. The van der Waals surface area contributed by atoms with E-state index in [-0.39, 0.29) is 37.9 Å². The molecule has 3 heterocycles. The zero-order valence-electron chi connectivity index (χ0n) is 44.3. The second-order valence-electron chi connectivity index (χ2n) is 19.3. The molecule has 9 N–H and O–H groups in total. The summed E-state index contributed by atoms with van der Waals surface area (Å²) in [6.07, 6.45) is 16.1. The number of fused-ring (bicyclic) bond motifs is 3. The van der Waals surface area contributed by atoms with E-state index in [0.717, 1.165) is 81.4 Å². The summed E-state index contributed by atoms with van der Waals surface area (Å²) in [6.45, 7) is 1.41. The number of carbonyl (C=O) groups is 2. The van der Waals surface area contributed by atoms with Crippen LogP contribution in [0.4, 0.5) is 5.82 Å². The molecule has 2 aliphatic heterocycles. The standard InChI is InChI=1S/C52H87N3O19P2/c1-3-5-7-8-9-10-11-12-13-14-15-16-17-18-19-20-25-29-46(58)68-36-40-37-69-75(64,65)74-76(66,67)70-38-44-50(62)49(61)43(32-31-39(56)27-23-6-4-2)72-48(60)35-42(57)41(28-24-21-22-26-30-47(59)71-40)51(73-44)55-34-33-45(53)54-52(55)63/h9-10,12-13,21,24,31-34,39-44,48-51,56-57,60-62H,3-8,11,14-20,22-23,25-30,35-38H2,1-2H3,(H,64,65)(H,66,67)(H2,53,54,63)/b10-9-,13-12-,24-21?,32-31+/t39-,40+,41-,42-,43+,44+,48?,49-,50+,51+/m0/s1. The number of aliphatic hydroxyl groups is 5. The Kier molecular flexibility index (Phi) is 32.9. The number of anilines is 1. The van der Waals surface area contributed by atoms with Gasteiger partial charge in [-0.1, -0.05) is 127 Å². The number of allylic oxidation sites excluding steroid dienone is 6. The van der Waals surface area contributed by atoms with E-state index in [1.807, 2.05) is 6.92 Å². The number of ether oxygens (including phenoxy) is 4. The van der Waals surface area contributed by atoms with Gasteiger partial charge in [-0.25, -0.2) is 13.9 Å². The van der Waals surface area contributed by atoms with Gasteiger partial charge in [0.25, 0.3) is 0 Å². The molecule has 0 spiro atoms. The predicted molar refractivity (Wildman–Crippen MR) is 283 cm³/mol. The van der Waals surface area contributed by atoms with Crippen molar-refractivity contribution in [3.8, 4) is 0 Å². The Morgan fingerprint density at radius 1 is 0.855 bits per heavy atom. The summed E-state index contributed by atoms with van der Waals surface area (Å²) < 4.78 is 64.7. The number of nitrogens with zero attached hydrogens (tertiary/aromatic N) is 2. The van der Waals surface area contributed by atoms with Crippen LogP contribution in [0, 0.1) is 5.92 Å². The molecule has 12 atom stereocenters. The van der Waals surface area contributed by atoms with Gasteiger partial charge in [0.1, 0.15) is 43.1 Å². The van der Waals surface area contributed by atoms with Gasteiger partial charge in [0.2, 0.25) is 0 Å². The lowest BCUT2D eigenvalue weighted by molar-refractivity contribution is -0.192. The maximum absolute atomic E-state index is 13.4. The van der Waals surface area contributed by atoms with Crippen molar-refractivity contribution in [2.75, 3.05) is 25.6 Å². The van der Waals surface area contributed by atoms with E-state index in [9.17, 15) is 58.8 Å². The van der Waals surface area contributed by atoms with Gasteiger partial charge in [0.15, 0.2) is 12.4 Å². The van der Waals surface area contributed by atoms with Crippen LogP contribution in [0.5, 0.6) is 0 Å². The minimum Gasteiger partial charge on any atom is -0.462 e. The van der Waals surface area contributed by atoms with Gasteiger partial charge in [-0.05, 0) is 70.3 Å². The van der Waals surface area contributed by atoms with E-state index >= 15 is 0 Å². The number of hydrogen-bond acceptors (Lipinski definition) is 19. The molecule has 22 nitrogen and oxygen atoms in total. The number of hydrogen-bond donors (Lipinski definition) is 8. The molecule has 3 unspecified atom stereocenters. The molecule has 1 aromatic heterocycles. The predicted octanol–water partition coefficient (Wildman–Crippen LogP) is 7.44. The molecule has 1 saturated heterocycles.